The number of ether oxygens (including phenoxy) is 1. The van der Waals surface area contributed by atoms with E-state index >= 15 is 0 Å². The summed E-state index contributed by atoms with van der Waals surface area (Å²) in [4.78, 5) is 9.39. The van der Waals surface area contributed by atoms with Crippen molar-refractivity contribution in [3.8, 4) is 0 Å². The summed E-state index contributed by atoms with van der Waals surface area (Å²) in [6, 6.07) is 7.22. The number of rotatable bonds is 7. The minimum atomic E-state index is -1.00. The maximum Gasteiger partial charge on any atom is 0.231 e. The van der Waals surface area contributed by atoms with Gasteiger partial charge in [0.1, 0.15) is 11.6 Å². The van der Waals surface area contributed by atoms with Crippen LogP contribution in [0.3, 0.4) is 0 Å². The van der Waals surface area contributed by atoms with Gasteiger partial charge in [0.05, 0.1) is 11.3 Å². The van der Waals surface area contributed by atoms with Crippen LogP contribution in [0.15, 0.2) is 47.9 Å². The topological polar surface area (TPSA) is 43.7 Å². The van der Waals surface area contributed by atoms with Gasteiger partial charge >= 0.3 is 0 Å². The Morgan fingerprint density at radius 3 is 2.46 bits per heavy atom. The highest BCUT2D eigenvalue weighted by Crippen LogP contribution is 2.19. The Bertz CT molecular complexity index is 683. The van der Waals surface area contributed by atoms with Crippen LogP contribution in [-0.2, 0) is 16.0 Å². The third-order valence-corrected chi connectivity index (χ3v) is 3.21. The molecule has 0 aliphatic rings. The molecule has 1 aromatic heterocycles. The normalized spacial score (nSPS) is 12.3. The molecule has 0 spiro atoms. The zero-order chi connectivity index (χ0) is 17.6. The maximum atomic E-state index is 14.1. The predicted octanol–water partition coefficient (Wildman–Crippen LogP) is 4.10. The van der Waals surface area contributed by atoms with E-state index in [9.17, 15) is 8.78 Å². The van der Waals surface area contributed by atoms with Crippen molar-refractivity contribution in [3.63, 3.8) is 0 Å². The lowest BCUT2D eigenvalue weighted by atomic mass is 10.0. The summed E-state index contributed by atoms with van der Waals surface area (Å²) in [7, 11) is 0. The fourth-order valence-electron chi connectivity index (χ4n) is 2.17. The van der Waals surface area contributed by atoms with Crippen LogP contribution in [0.2, 0.25) is 0 Å². The molecule has 0 atom stereocenters. The molecule has 2 rings (SSSR count). The summed E-state index contributed by atoms with van der Waals surface area (Å²) in [6.07, 6.45) is 3.41. The number of nitrogens with zero attached hydrogens (tertiary/aromatic N) is 2. The van der Waals surface area contributed by atoms with Gasteiger partial charge in [0.2, 0.25) is 5.79 Å². The van der Waals surface area contributed by atoms with Crippen LogP contribution in [0.1, 0.15) is 31.9 Å². The third-order valence-electron chi connectivity index (χ3n) is 3.21. The molecule has 0 amide bonds. The molecule has 128 valence electrons. The largest absolute Gasteiger partial charge is 0.361 e. The molecule has 0 unspecified atom stereocenters. The molecule has 0 saturated heterocycles. The van der Waals surface area contributed by atoms with Crippen LogP contribution in [0.4, 0.5) is 8.78 Å². The van der Waals surface area contributed by atoms with Gasteiger partial charge in [-0.15, -0.1) is 0 Å². The zero-order valence-corrected chi connectivity index (χ0v) is 13.9. The number of hydrogen-bond donors (Lipinski definition) is 0. The second-order valence-electron chi connectivity index (χ2n) is 5.60. The summed E-state index contributed by atoms with van der Waals surface area (Å²) in [6.45, 7) is 5.61. The van der Waals surface area contributed by atoms with Gasteiger partial charge < -0.3 is 9.57 Å². The molecule has 2 aromatic rings. The highest BCUT2D eigenvalue weighted by atomic mass is 19.1. The van der Waals surface area contributed by atoms with Crippen LogP contribution in [0, 0.1) is 11.6 Å². The molecule has 1 heterocycles. The molecule has 0 fully saturated rings. The molecule has 24 heavy (non-hydrogen) atoms. The molecule has 0 radical (unpaired) electrons. The Morgan fingerprint density at radius 1 is 1.17 bits per heavy atom. The Morgan fingerprint density at radius 2 is 1.88 bits per heavy atom. The summed E-state index contributed by atoms with van der Waals surface area (Å²) in [5, 5.41) is 3.99. The first-order valence-corrected chi connectivity index (χ1v) is 7.65. The summed E-state index contributed by atoms with van der Waals surface area (Å²) in [5.41, 5.74) is 0.678. The van der Waals surface area contributed by atoms with Gasteiger partial charge in [0, 0.05) is 39.3 Å². The van der Waals surface area contributed by atoms with Gasteiger partial charge in [-0.25, -0.2) is 8.78 Å². The van der Waals surface area contributed by atoms with E-state index < -0.39 is 17.4 Å². The van der Waals surface area contributed by atoms with Crippen LogP contribution in [0.5, 0.6) is 0 Å². The Labute approximate surface area is 140 Å². The van der Waals surface area contributed by atoms with Gasteiger partial charge in [0.25, 0.3) is 0 Å². The molecular weight excluding hydrogens is 314 g/mol. The molecule has 0 saturated carbocycles. The second-order valence-corrected chi connectivity index (χ2v) is 5.60. The average Bonchev–Trinajstić information content (AvgIpc) is 2.53. The molecule has 1 aromatic carbocycles. The maximum absolute atomic E-state index is 14.1. The van der Waals surface area contributed by atoms with Crippen molar-refractivity contribution >= 4 is 5.71 Å². The lowest BCUT2D eigenvalue weighted by Crippen LogP contribution is -2.27. The van der Waals surface area contributed by atoms with E-state index in [1.54, 1.807) is 38.4 Å². The molecule has 4 nitrogen and oxygen atoms in total. The average molecular weight is 334 g/mol. The zero-order valence-electron chi connectivity index (χ0n) is 13.9. The van der Waals surface area contributed by atoms with Crippen molar-refractivity contribution in [1.29, 1.82) is 0 Å². The van der Waals surface area contributed by atoms with E-state index in [1.807, 2.05) is 6.92 Å². The first-order valence-electron chi connectivity index (χ1n) is 7.65. The van der Waals surface area contributed by atoms with Crippen LogP contribution >= 0.6 is 0 Å². The SMILES string of the molecule is CCOC(C)(C)ON=C(Cc1cccnc1)c1c(F)cccc1F. The standard InChI is InChI=1S/C18H20F2N2O2/c1-4-23-18(2,3)24-22-16(11-13-7-6-10-21-12-13)17-14(19)8-5-9-15(17)20/h5-10,12H,4,11H2,1-3H3. The highest BCUT2D eigenvalue weighted by molar-refractivity contribution is 6.02. The first-order chi connectivity index (χ1) is 11.4. The van der Waals surface area contributed by atoms with Gasteiger partial charge in [0.15, 0.2) is 0 Å². The van der Waals surface area contributed by atoms with Gasteiger partial charge in [-0.2, -0.15) is 0 Å². The minimum Gasteiger partial charge on any atom is -0.361 e. The monoisotopic (exact) mass is 334 g/mol. The fraction of sp³-hybridized carbons (Fsp3) is 0.333. The van der Waals surface area contributed by atoms with Gasteiger partial charge in [-0.05, 0) is 30.7 Å². The van der Waals surface area contributed by atoms with Crippen molar-refractivity contribution < 1.29 is 18.4 Å². The molecule has 0 aliphatic carbocycles. The number of oxime groups is 1. The van der Waals surface area contributed by atoms with Crippen molar-refractivity contribution in [2.24, 2.45) is 5.16 Å². The van der Waals surface area contributed by atoms with E-state index in [2.05, 4.69) is 10.1 Å². The van der Waals surface area contributed by atoms with Crippen molar-refractivity contribution in [1.82, 2.24) is 4.98 Å². The van der Waals surface area contributed by atoms with Crippen molar-refractivity contribution in [3.05, 3.63) is 65.5 Å². The lowest BCUT2D eigenvalue weighted by Gasteiger charge is -2.22. The number of aromatic nitrogens is 1. The molecule has 6 heteroatoms. The smallest absolute Gasteiger partial charge is 0.231 e. The Balaban J connectivity index is 2.38. The quantitative estimate of drug-likeness (QED) is 0.435. The summed E-state index contributed by atoms with van der Waals surface area (Å²) in [5.74, 6) is -2.40. The minimum absolute atomic E-state index is 0.131. The molecular formula is C18H20F2N2O2. The summed E-state index contributed by atoms with van der Waals surface area (Å²) >= 11 is 0. The third kappa shape index (κ3) is 4.83. The van der Waals surface area contributed by atoms with Crippen molar-refractivity contribution in [2.75, 3.05) is 6.61 Å². The molecule has 0 N–H and O–H groups in total. The number of benzene rings is 1. The number of pyridine rings is 1. The Hall–Kier alpha value is -2.34. The molecule has 0 aliphatic heterocycles. The summed E-state index contributed by atoms with van der Waals surface area (Å²) < 4.78 is 33.7. The Kier molecular flexibility index (Phi) is 5.98. The molecule has 0 bridgehead atoms. The van der Waals surface area contributed by atoms with E-state index in [4.69, 9.17) is 9.57 Å². The number of hydrogen-bond acceptors (Lipinski definition) is 4. The van der Waals surface area contributed by atoms with E-state index in [0.29, 0.717) is 6.61 Å². The van der Waals surface area contributed by atoms with Gasteiger partial charge in [-0.1, -0.05) is 17.3 Å². The highest BCUT2D eigenvalue weighted by Gasteiger charge is 2.22. The van der Waals surface area contributed by atoms with E-state index in [0.717, 1.165) is 5.56 Å². The first kappa shape index (κ1) is 18.0. The predicted molar refractivity (Wildman–Crippen MR) is 87.6 cm³/mol. The van der Waals surface area contributed by atoms with E-state index in [-0.39, 0.29) is 17.7 Å². The van der Waals surface area contributed by atoms with Crippen molar-refractivity contribution in [2.45, 2.75) is 33.0 Å². The fourth-order valence-corrected chi connectivity index (χ4v) is 2.17. The van der Waals surface area contributed by atoms with Crippen LogP contribution < -0.4 is 0 Å². The van der Waals surface area contributed by atoms with Gasteiger partial charge in [-0.3, -0.25) is 4.98 Å². The lowest BCUT2D eigenvalue weighted by molar-refractivity contribution is -0.211. The van der Waals surface area contributed by atoms with E-state index in [1.165, 1.54) is 18.2 Å². The van der Waals surface area contributed by atoms with Crippen LogP contribution in [0.25, 0.3) is 0 Å². The number of halogens is 2. The van der Waals surface area contributed by atoms with Crippen LogP contribution in [-0.4, -0.2) is 23.1 Å². The second kappa shape index (κ2) is 7.97.